The van der Waals surface area contributed by atoms with Gasteiger partial charge in [0.25, 0.3) is 0 Å². The van der Waals surface area contributed by atoms with Crippen LogP contribution in [0.15, 0.2) is 18.3 Å². The van der Waals surface area contributed by atoms with Crippen LogP contribution in [0.2, 0.25) is 0 Å². The third kappa shape index (κ3) is 0.866. The zero-order valence-electron chi connectivity index (χ0n) is 5.29. The van der Waals surface area contributed by atoms with Gasteiger partial charge in [-0.25, -0.2) is 0 Å². The van der Waals surface area contributed by atoms with E-state index in [0.29, 0.717) is 0 Å². The first-order valence-electron chi connectivity index (χ1n) is 3.06. The Balaban J connectivity index is 2.82. The molecule has 2 rings (SSSR count). The topological polar surface area (TPSA) is 12.0 Å². The molecule has 0 bridgehead atoms. The molecular weight excluding hydrogens is 142 g/mol. The van der Waals surface area contributed by atoms with E-state index in [4.69, 9.17) is 0 Å². The Morgan fingerprint density at radius 3 is 3.50 bits per heavy atom. The minimum absolute atomic E-state index is 1.22. The molecule has 1 radical (unpaired) electrons. The molecule has 1 N–H and O–H groups in total. The Bertz CT molecular complexity index is 359. The summed E-state index contributed by atoms with van der Waals surface area (Å²) in [6.45, 7) is 0. The highest BCUT2D eigenvalue weighted by Crippen LogP contribution is 1.82. The lowest BCUT2D eigenvalue weighted by atomic mass is 10.4. The van der Waals surface area contributed by atoms with Crippen LogP contribution in [-0.4, -0.2) is 0 Å². The second-order valence-electron chi connectivity index (χ2n) is 2.02. The SMILES string of the molecule is [c]1cc2c(s1)=CC=CNC=2. The number of rotatable bonds is 0. The van der Waals surface area contributed by atoms with Crippen molar-refractivity contribution < 1.29 is 0 Å². The maximum absolute atomic E-state index is 3.07. The Kier molecular flexibility index (Phi) is 1.32. The maximum Gasteiger partial charge on any atom is 0.0456 e. The maximum atomic E-state index is 3.07. The number of allylic oxidation sites excluding steroid dienone is 1. The van der Waals surface area contributed by atoms with E-state index in [2.05, 4.69) is 16.8 Å². The van der Waals surface area contributed by atoms with Gasteiger partial charge in [-0.2, -0.15) is 0 Å². The van der Waals surface area contributed by atoms with Crippen molar-refractivity contribution in [1.82, 2.24) is 5.32 Å². The van der Waals surface area contributed by atoms with E-state index in [1.807, 2.05) is 24.5 Å². The van der Waals surface area contributed by atoms with Crippen LogP contribution in [0.4, 0.5) is 0 Å². The summed E-state index contributed by atoms with van der Waals surface area (Å²) in [6.07, 6.45) is 7.95. The third-order valence-electron chi connectivity index (χ3n) is 1.35. The molecule has 0 spiro atoms. The summed E-state index contributed by atoms with van der Waals surface area (Å²) in [5, 5.41) is 7.33. The van der Waals surface area contributed by atoms with E-state index >= 15 is 0 Å². The Morgan fingerprint density at radius 1 is 1.50 bits per heavy atom. The van der Waals surface area contributed by atoms with Crippen molar-refractivity contribution in [2.75, 3.05) is 0 Å². The third-order valence-corrected chi connectivity index (χ3v) is 2.17. The monoisotopic (exact) mass is 148 g/mol. The molecule has 1 aliphatic rings. The second-order valence-corrected chi connectivity index (χ2v) is 2.90. The van der Waals surface area contributed by atoms with Gasteiger partial charge in [0.05, 0.1) is 0 Å². The second kappa shape index (κ2) is 2.31. The lowest BCUT2D eigenvalue weighted by Crippen LogP contribution is -2.18. The number of fused-ring (bicyclic) bond motifs is 1. The summed E-state index contributed by atoms with van der Waals surface area (Å²) < 4.78 is 1.27. The van der Waals surface area contributed by atoms with Gasteiger partial charge < -0.3 is 5.32 Å². The number of hydrogen-bond acceptors (Lipinski definition) is 2. The van der Waals surface area contributed by atoms with Crippen molar-refractivity contribution >= 4 is 23.6 Å². The fraction of sp³-hybridized carbons (Fsp3) is 0. The van der Waals surface area contributed by atoms with Crippen molar-refractivity contribution in [3.63, 3.8) is 0 Å². The van der Waals surface area contributed by atoms with E-state index in [1.54, 1.807) is 11.3 Å². The van der Waals surface area contributed by atoms with E-state index in [9.17, 15) is 0 Å². The Hall–Kier alpha value is -1.02. The molecule has 0 fully saturated rings. The van der Waals surface area contributed by atoms with Crippen LogP contribution in [0.25, 0.3) is 12.3 Å². The fourth-order valence-corrected chi connectivity index (χ4v) is 1.55. The summed E-state index contributed by atoms with van der Waals surface area (Å²) in [7, 11) is 0. The smallest absolute Gasteiger partial charge is 0.0456 e. The van der Waals surface area contributed by atoms with Crippen molar-refractivity contribution in [2.45, 2.75) is 0 Å². The molecule has 0 amide bonds. The zero-order chi connectivity index (χ0) is 6.81. The lowest BCUT2D eigenvalue weighted by Gasteiger charge is -1.80. The summed E-state index contributed by atoms with van der Waals surface area (Å²) in [5.74, 6) is 0. The number of hydrogen-bond donors (Lipinski definition) is 1. The van der Waals surface area contributed by atoms with Gasteiger partial charge in [0.2, 0.25) is 0 Å². The van der Waals surface area contributed by atoms with Crippen LogP contribution in [0, 0.1) is 5.38 Å². The van der Waals surface area contributed by atoms with Gasteiger partial charge in [-0.1, -0.05) is 0 Å². The average molecular weight is 148 g/mol. The molecule has 0 aliphatic carbocycles. The molecule has 10 heavy (non-hydrogen) atoms. The highest BCUT2D eigenvalue weighted by Gasteiger charge is 1.86. The van der Waals surface area contributed by atoms with Gasteiger partial charge >= 0.3 is 0 Å². The predicted molar refractivity (Wildman–Crippen MR) is 43.6 cm³/mol. The van der Waals surface area contributed by atoms with E-state index < -0.39 is 0 Å². The van der Waals surface area contributed by atoms with Gasteiger partial charge in [-0.05, 0) is 18.2 Å². The number of thiophene rings is 1. The largest absolute Gasteiger partial charge is 0.367 e. The van der Waals surface area contributed by atoms with Crippen molar-refractivity contribution in [3.05, 3.63) is 33.5 Å². The van der Waals surface area contributed by atoms with Crippen molar-refractivity contribution in [1.29, 1.82) is 0 Å². The zero-order valence-corrected chi connectivity index (χ0v) is 6.11. The van der Waals surface area contributed by atoms with Crippen molar-refractivity contribution in [2.24, 2.45) is 0 Å². The summed E-state index contributed by atoms with van der Waals surface area (Å²) >= 11 is 1.64. The van der Waals surface area contributed by atoms with Gasteiger partial charge in [-0.3, -0.25) is 0 Å². The van der Waals surface area contributed by atoms with E-state index in [0.717, 1.165) is 0 Å². The van der Waals surface area contributed by atoms with Crippen LogP contribution >= 0.6 is 11.3 Å². The fourth-order valence-electron chi connectivity index (χ4n) is 0.858. The minimum atomic E-state index is 1.22. The van der Waals surface area contributed by atoms with Crippen molar-refractivity contribution in [3.8, 4) is 0 Å². The van der Waals surface area contributed by atoms with E-state index in [-0.39, 0.29) is 0 Å². The molecule has 0 unspecified atom stereocenters. The molecule has 0 atom stereocenters. The Labute approximate surface area is 63.0 Å². The molecular formula is C8H6NS. The molecule has 1 aliphatic heterocycles. The molecule has 2 heteroatoms. The van der Waals surface area contributed by atoms with E-state index in [1.165, 1.54) is 9.75 Å². The van der Waals surface area contributed by atoms with Gasteiger partial charge in [-0.15, -0.1) is 11.3 Å². The van der Waals surface area contributed by atoms with Gasteiger partial charge in [0.1, 0.15) is 0 Å². The first kappa shape index (κ1) is 5.74. The normalized spacial score (nSPS) is 14.0. The average Bonchev–Trinajstić information content (AvgIpc) is 2.28. The lowest BCUT2D eigenvalue weighted by molar-refractivity contribution is 1.28. The highest BCUT2D eigenvalue weighted by atomic mass is 32.1. The molecule has 1 aromatic rings. The van der Waals surface area contributed by atoms with Crippen LogP contribution in [-0.2, 0) is 0 Å². The molecule has 0 aromatic carbocycles. The number of nitrogens with one attached hydrogen (secondary N) is 1. The standard InChI is InChI=1S/C8H6NS/c1-2-8-7(3-5-10-8)6-9-4-1/h1-4,6,9H. The Morgan fingerprint density at radius 2 is 2.50 bits per heavy atom. The predicted octanol–water partition coefficient (Wildman–Crippen LogP) is 0.184. The molecule has 1 aromatic heterocycles. The summed E-state index contributed by atoms with van der Waals surface area (Å²) in [5.41, 5.74) is 0. The quantitative estimate of drug-likeness (QED) is 0.553. The molecule has 2 heterocycles. The minimum Gasteiger partial charge on any atom is -0.367 e. The first-order valence-corrected chi connectivity index (χ1v) is 3.87. The van der Waals surface area contributed by atoms with Gasteiger partial charge in [0.15, 0.2) is 0 Å². The molecule has 49 valence electrons. The van der Waals surface area contributed by atoms with Crippen LogP contribution in [0.1, 0.15) is 0 Å². The molecule has 1 nitrogen and oxygen atoms in total. The summed E-state index contributed by atoms with van der Waals surface area (Å²) in [6, 6.07) is 1.98. The van der Waals surface area contributed by atoms with Crippen LogP contribution in [0.5, 0.6) is 0 Å². The molecule has 0 saturated heterocycles. The molecule has 0 saturated carbocycles. The summed E-state index contributed by atoms with van der Waals surface area (Å²) in [4.78, 5) is 0. The first-order chi connectivity index (χ1) is 4.97. The van der Waals surface area contributed by atoms with Crippen LogP contribution in [0.3, 0.4) is 0 Å². The van der Waals surface area contributed by atoms with Gasteiger partial charge in [0, 0.05) is 27.5 Å². The van der Waals surface area contributed by atoms with Crippen LogP contribution < -0.4 is 15.1 Å². The highest BCUT2D eigenvalue weighted by molar-refractivity contribution is 7.07.